The molecule has 0 aliphatic rings. The second-order valence-electron chi connectivity index (χ2n) is 4.89. The number of fused-ring (bicyclic) bond motifs is 1. The molecule has 6 nitrogen and oxygen atoms in total. The Labute approximate surface area is 122 Å². The summed E-state index contributed by atoms with van der Waals surface area (Å²) >= 11 is 1.42. The molecule has 0 aliphatic heterocycles. The second-order valence-corrected chi connectivity index (χ2v) is 5.76. The molecule has 0 spiro atoms. The van der Waals surface area contributed by atoms with Crippen molar-refractivity contribution in [3.63, 3.8) is 0 Å². The first-order valence-corrected chi connectivity index (χ1v) is 7.81. The zero-order chi connectivity index (χ0) is 14.7. The molecule has 2 heterocycles. The van der Waals surface area contributed by atoms with Crippen LogP contribution in [-0.4, -0.2) is 26.9 Å². The molecule has 0 saturated heterocycles. The third-order valence-electron chi connectivity index (χ3n) is 3.57. The van der Waals surface area contributed by atoms with E-state index in [4.69, 9.17) is 0 Å². The molecule has 2 unspecified atom stereocenters. The number of aromatic nitrogens is 2. The average Bonchev–Trinajstić information content (AvgIpc) is 2.98. The predicted molar refractivity (Wildman–Crippen MR) is 80.5 cm³/mol. The van der Waals surface area contributed by atoms with E-state index >= 15 is 0 Å². The maximum atomic E-state index is 11.4. The third kappa shape index (κ3) is 2.69. The molecular formula is C13H20N4O2S. The molecule has 20 heavy (non-hydrogen) atoms. The summed E-state index contributed by atoms with van der Waals surface area (Å²) in [6.45, 7) is 7.13. The normalized spacial score (nSPS) is 14.6. The van der Waals surface area contributed by atoms with Gasteiger partial charge in [0, 0.05) is 17.3 Å². The molecule has 0 radical (unpaired) electrons. The number of nitro groups is 1. The van der Waals surface area contributed by atoms with Crippen LogP contribution in [0.3, 0.4) is 0 Å². The van der Waals surface area contributed by atoms with Crippen LogP contribution in [-0.2, 0) is 0 Å². The first-order chi connectivity index (χ1) is 9.60. The van der Waals surface area contributed by atoms with E-state index < -0.39 is 0 Å². The lowest BCUT2D eigenvalue weighted by molar-refractivity contribution is -0.391. The van der Waals surface area contributed by atoms with Crippen molar-refractivity contribution in [2.24, 2.45) is 0 Å². The second kappa shape index (κ2) is 6.32. The van der Waals surface area contributed by atoms with Crippen molar-refractivity contribution < 1.29 is 4.92 Å². The van der Waals surface area contributed by atoms with Crippen molar-refractivity contribution in [1.29, 1.82) is 0 Å². The standard InChI is InChI=1S/C13H20N4O2S/c1-4-6-14-10(5-2)9(3)11-12(17(18)19)16-7-8-20-13(16)15-11/h7-10,14H,4-6H2,1-3H3. The Bertz CT molecular complexity index is 592. The van der Waals surface area contributed by atoms with Gasteiger partial charge in [-0.25, -0.2) is 0 Å². The Hall–Kier alpha value is -1.47. The maximum Gasteiger partial charge on any atom is 0.352 e. The topological polar surface area (TPSA) is 72.5 Å². The summed E-state index contributed by atoms with van der Waals surface area (Å²) in [7, 11) is 0. The van der Waals surface area contributed by atoms with Crippen molar-refractivity contribution in [1.82, 2.24) is 14.7 Å². The highest BCUT2D eigenvalue weighted by Crippen LogP contribution is 2.31. The third-order valence-corrected chi connectivity index (χ3v) is 4.32. The van der Waals surface area contributed by atoms with Crippen LogP contribution in [0, 0.1) is 10.1 Å². The van der Waals surface area contributed by atoms with E-state index in [9.17, 15) is 10.1 Å². The molecule has 2 rings (SSSR count). The van der Waals surface area contributed by atoms with Gasteiger partial charge in [-0.3, -0.25) is 0 Å². The molecule has 2 aromatic rings. The monoisotopic (exact) mass is 296 g/mol. The number of rotatable bonds is 7. The number of nitrogens with zero attached hydrogens (tertiary/aromatic N) is 3. The molecule has 0 amide bonds. The predicted octanol–water partition coefficient (Wildman–Crippen LogP) is 3.19. The molecule has 0 aliphatic carbocycles. The van der Waals surface area contributed by atoms with Gasteiger partial charge in [-0.15, -0.1) is 0 Å². The van der Waals surface area contributed by atoms with Crippen LogP contribution in [0.4, 0.5) is 5.82 Å². The highest BCUT2D eigenvalue weighted by Gasteiger charge is 2.30. The van der Waals surface area contributed by atoms with Crippen LogP contribution in [0.2, 0.25) is 0 Å². The summed E-state index contributed by atoms with van der Waals surface area (Å²) in [5.74, 6) is 0.115. The number of thiazole rings is 1. The van der Waals surface area contributed by atoms with Gasteiger partial charge in [0.05, 0.1) is 0 Å². The van der Waals surface area contributed by atoms with Gasteiger partial charge in [-0.05, 0) is 24.3 Å². The summed E-state index contributed by atoms with van der Waals surface area (Å²) in [6, 6.07) is 0.207. The fourth-order valence-corrected chi connectivity index (χ4v) is 3.19. The van der Waals surface area contributed by atoms with Crippen molar-refractivity contribution in [2.45, 2.75) is 45.6 Å². The average molecular weight is 296 g/mol. The number of hydrogen-bond acceptors (Lipinski definition) is 5. The molecule has 0 bridgehead atoms. The SMILES string of the molecule is CCCNC(CC)C(C)c1nc2sccn2c1[N+](=O)[O-]. The van der Waals surface area contributed by atoms with Crippen LogP contribution in [0.15, 0.2) is 11.6 Å². The molecule has 1 N–H and O–H groups in total. The summed E-state index contributed by atoms with van der Waals surface area (Å²) in [6.07, 6.45) is 3.68. The highest BCUT2D eigenvalue weighted by molar-refractivity contribution is 7.15. The summed E-state index contributed by atoms with van der Waals surface area (Å²) in [4.78, 5) is 16.2. The van der Waals surface area contributed by atoms with E-state index in [1.165, 1.54) is 11.3 Å². The lowest BCUT2D eigenvalue weighted by Gasteiger charge is -2.22. The number of hydrogen-bond donors (Lipinski definition) is 1. The van der Waals surface area contributed by atoms with Gasteiger partial charge in [0.25, 0.3) is 4.96 Å². The minimum absolute atomic E-state index is 0.0130. The van der Waals surface area contributed by atoms with Crippen LogP contribution < -0.4 is 5.32 Å². The molecule has 110 valence electrons. The molecular weight excluding hydrogens is 276 g/mol. The van der Waals surface area contributed by atoms with Gasteiger partial charge in [-0.1, -0.05) is 32.1 Å². The van der Waals surface area contributed by atoms with E-state index in [0.717, 1.165) is 19.4 Å². The minimum atomic E-state index is -0.328. The van der Waals surface area contributed by atoms with E-state index in [0.29, 0.717) is 10.7 Å². The lowest BCUT2D eigenvalue weighted by atomic mass is 9.96. The molecule has 2 atom stereocenters. The summed E-state index contributed by atoms with van der Waals surface area (Å²) in [5, 5.41) is 16.6. The molecule has 0 aromatic carbocycles. The summed E-state index contributed by atoms with van der Waals surface area (Å²) in [5.41, 5.74) is 0.581. The van der Waals surface area contributed by atoms with Gasteiger partial charge < -0.3 is 15.4 Å². The first-order valence-electron chi connectivity index (χ1n) is 6.93. The number of nitrogens with one attached hydrogen (secondary N) is 1. The van der Waals surface area contributed by atoms with Crippen molar-refractivity contribution in [3.05, 3.63) is 27.4 Å². The fraction of sp³-hybridized carbons (Fsp3) is 0.615. The van der Waals surface area contributed by atoms with Gasteiger partial charge in [-0.2, -0.15) is 9.38 Å². The van der Waals surface area contributed by atoms with E-state index in [2.05, 4.69) is 24.1 Å². The molecule has 0 fully saturated rings. The summed E-state index contributed by atoms with van der Waals surface area (Å²) < 4.78 is 1.57. The van der Waals surface area contributed by atoms with Crippen molar-refractivity contribution in [3.8, 4) is 0 Å². The fourth-order valence-electron chi connectivity index (χ4n) is 2.47. The van der Waals surface area contributed by atoms with Gasteiger partial charge in [0.1, 0.15) is 11.9 Å². The Morgan fingerprint density at radius 3 is 2.90 bits per heavy atom. The highest BCUT2D eigenvalue weighted by atomic mass is 32.1. The maximum absolute atomic E-state index is 11.4. The molecule has 0 saturated carbocycles. The van der Waals surface area contributed by atoms with Crippen molar-refractivity contribution >= 4 is 22.1 Å². The quantitative estimate of drug-likeness (QED) is 0.629. The van der Waals surface area contributed by atoms with Crippen LogP contribution >= 0.6 is 11.3 Å². The zero-order valence-corrected chi connectivity index (χ0v) is 12.8. The Morgan fingerprint density at radius 2 is 2.30 bits per heavy atom. The van der Waals surface area contributed by atoms with Gasteiger partial charge in [0.15, 0.2) is 0 Å². The van der Waals surface area contributed by atoms with E-state index in [1.54, 1.807) is 10.6 Å². The largest absolute Gasteiger partial charge is 0.358 e. The molecule has 2 aromatic heterocycles. The Kier molecular flexibility index (Phi) is 4.72. The van der Waals surface area contributed by atoms with Crippen LogP contribution in [0.1, 0.15) is 45.2 Å². The van der Waals surface area contributed by atoms with E-state index in [1.807, 2.05) is 12.3 Å². The first kappa shape index (κ1) is 14.9. The van der Waals surface area contributed by atoms with E-state index in [-0.39, 0.29) is 22.7 Å². The van der Waals surface area contributed by atoms with Crippen LogP contribution in [0.25, 0.3) is 4.96 Å². The lowest BCUT2D eigenvalue weighted by Crippen LogP contribution is -2.34. The zero-order valence-electron chi connectivity index (χ0n) is 12.0. The number of imidazole rings is 1. The van der Waals surface area contributed by atoms with Crippen LogP contribution in [0.5, 0.6) is 0 Å². The van der Waals surface area contributed by atoms with Gasteiger partial charge in [0.2, 0.25) is 0 Å². The smallest absolute Gasteiger partial charge is 0.352 e. The molecule has 7 heteroatoms. The van der Waals surface area contributed by atoms with Gasteiger partial charge >= 0.3 is 5.82 Å². The minimum Gasteiger partial charge on any atom is -0.358 e. The van der Waals surface area contributed by atoms with Crippen molar-refractivity contribution in [2.75, 3.05) is 6.54 Å². The Morgan fingerprint density at radius 1 is 1.55 bits per heavy atom. The Balaban J connectivity index is 2.37.